The zero-order valence-corrected chi connectivity index (χ0v) is 10.9. The summed E-state index contributed by atoms with van der Waals surface area (Å²) in [5.74, 6) is -1.49. The largest absolute Gasteiger partial charge is 0.481 e. The second kappa shape index (κ2) is 5.60. The van der Waals surface area contributed by atoms with Crippen LogP contribution in [-0.4, -0.2) is 31.6 Å². The molecular weight excluding hydrogens is 232 g/mol. The van der Waals surface area contributed by atoms with Crippen molar-refractivity contribution in [3.8, 4) is 0 Å². The highest BCUT2D eigenvalue weighted by molar-refractivity contribution is 7.87. The Morgan fingerprint density at radius 1 is 1.38 bits per heavy atom. The third-order valence-corrected chi connectivity index (χ3v) is 3.20. The lowest BCUT2D eigenvalue weighted by molar-refractivity contribution is -0.141. The maximum absolute atomic E-state index is 11.4. The smallest absolute Gasteiger partial charge is 0.306 e. The predicted molar refractivity (Wildman–Crippen MR) is 61.2 cm³/mol. The zero-order chi connectivity index (χ0) is 13.0. The minimum Gasteiger partial charge on any atom is -0.481 e. The summed E-state index contributed by atoms with van der Waals surface area (Å²) >= 11 is 0. The summed E-state index contributed by atoms with van der Waals surface area (Å²) in [5, 5.41) is 8.61. The van der Waals surface area contributed by atoms with Crippen molar-refractivity contribution >= 4 is 16.2 Å². The van der Waals surface area contributed by atoms with Gasteiger partial charge >= 0.3 is 5.97 Å². The molecule has 0 bridgehead atoms. The van der Waals surface area contributed by atoms with Gasteiger partial charge in [0.05, 0.1) is 5.92 Å². The van der Waals surface area contributed by atoms with Crippen molar-refractivity contribution in [3.05, 3.63) is 0 Å². The van der Waals surface area contributed by atoms with Gasteiger partial charge in [-0.25, -0.2) is 4.72 Å². The molecule has 6 nitrogen and oxygen atoms in total. The quantitative estimate of drug-likeness (QED) is 0.634. The number of carboxylic acid groups (broad SMARTS) is 1. The average molecular weight is 252 g/mol. The molecule has 0 aliphatic rings. The SMILES string of the molecule is CC(CCNS(=O)(=O)NC(C)(C)C)C(=O)O. The summed E-state index contributed by atoms with van der Waals surface area (Å²) in [6.45, 7) is 6.83. The van der Waals surface area contributed by atoms with E-state index in [1.165, 1.54) is 6.92 Å². The van der Waals surface area contributed by atoms with Crippen molar-refractivity contribution < 1.29 is 18.3 Å². The highest BCUT2D eigenvalue weighted by Crippen LogP contribution is 2.02. The molecule has 0 aromatic heterocycles. The fourth-order valence-corrected chi connectivity index (χ4v) is 2.24. The van der Waals surface area contributed by atoms with Crippen molar-refractivity contribution in [1.29, 1.82) is 0 Å². The van der Waals surface area contributed by atoms with Crippen molar-refractivity contribution in [2.75, 3.05) is 6.54 Å². The first-order valence-corrected chi connectivity index (χ1v) is 6.53. The minimum absolute atomic E-state index is 0.110. The molecule has 0 fully saturated rings. The Hall–Kier alpha value is -0.660. The summed E-state index contributed by atoms with van der Waals surface area (Å²) < 4.78 is 27.6. The molecule has 0 amide bonds. The lowest BCUT2D eigenvalue weighted by Gasteiger charge is -2.20. The number of hydrogen-bond acceptors (Lipinski definition) is 3. The summed E-state index contributed by atoms with van der Waals surface area (Å²) in [4.78, 5) is 10.5. The Labute approximate surface area is 96.6 Å². The molecule has 0 saturated heterocycles. The van der Waals surface area contributed by atoms with Crippen molar-refractivity contribution in [1.82, 2.24) is 9.44 Å². The lowest BCUT2D eigenvalue weighted by Crippen LogP contribution is -2.47. The summed E-state index contributed by atoms with van der Waals surface area (Å²) in [5.41, 5.74) is -0.551. The fraction of sp³-hybridized carbons (Fsp3) is 0.889. The van der Waals surface area contributed by atoms with Gasteiger partial charge in [-0.1, -0.05) is 6.92 Å². The van der Waals surface area contributed by atoms with Crippen LogP contribution in [0.2, 0.25) is 0 Å². The molecule has 0 aromatic carbocycles. The van der Waals surface area contributed by atoms with E-state index >= 15 is 0 Å². The van der Waals surface area contributed by atoms with E-state index in [2.05, 4.69) is 9.44 Å². The third kappa shape index (κ3) is 7.61. The Bertz CT molecular complexity index is 332. The topological polar surface area (TPSA) is 95.5 Å². The van der Waals surface area contributed by atoms with Gasteiger partial charge in [0.25, 0.3) is 10.2 Å². The highest BCUT2D eigenvalue weighted by atomic mass is 32.2. The van der Waals surface area contributed by atoms with Crippen LogP contribution in [0.4, 0.5) is 0 Å². The molecule has 1 unspecified atom stereocenters. The van der Waals surface area contributed by atoms with Crippen LogP contribution in [0.1, 0.15) is 34.1 Å². The van der Waals surface area contributed by atoms with Crippen LogP contribution in [0, 0.1) is 5.92 Å². The van der Waals surface area contributed by atoms with Gasteiger partial charge in [-0.3, -0.25) is 4.79 Å². The van der Waals surface area contributed by atoms with Crippen molar-refractivity contribution in [3.63, 3.8) is 0 Å². The summed E-state index contributed by atoms with van der Waals surface area (Å²) in [6, 6.07) is 0. The second-order valence-electron chi connectivity index (χ2n) is 4.78. The molecule has 0 spiro atoms. The number of aliphatic carboxylic acids is 1. The number of rotatable bonds is 6. The van der Waals surface area contributed by atoms with Gasteiger partial charge in [-0.2, -0.15) is 13.1 Å². The van der Waals surface area contributed by atoms with Gasteiger partial charge < -0.3 is 5.11 Å². The van der Waals surface area contributed by atoms with Gasteiger partial charge in [0.2, 0.25) is 0 Å². The molecule has 0 aromatic rings. The highest BCUT2D eigenvalue weighted by Gasteiger charge is 2.19. The monoisotopic (exact) mass is 252 g/mol. The first kappa shape index (κ1) is 15.3. The van der Waals surface area contributed by atoms with E-state index in [1.54, 1.807) is 20.8 Å². The Morgan fingerprint density at radius 2 is 1.88 bits per heavy atom. The van der Waals surface area contributed by atoms with Crippen LogP contribution >= 0.6 is 0 Å². The van der Waals surface area contributed by atoms with Gasteiger partial charge in [-0.05, 0) is 27.2 Å². The molecule has 0 saturated carbocycles. The fourth-order valence-electron chi connectivity index (χ4n) is 0.972. The van der Waals surface area contributed by atoms with Gasteiger partial charge in [0.1, 0.15) is 0 Å². The van der Waals surface area contributed by atoms with Crippen LogP contribution in [0.25, 0.3) is 0 Å². The number of nitrogens with one attached hydrogen (secondary N) is 2. The third-order valence-electron chi connectivity index (χ3n) is 1.73. The van der Waals surface area contributed by atoms with Gasteiger partial charge in [0, 0.05) is 12.1 Å². The number of carboxylic acids is 1. The first-order chi connectivity index (χ1) is 7.03. The lowest BCUT2D eigenvalue weighted by atomic mass is 10.1. The Balaban J connectivity index is 4.07. The molecule has 7 heteroatoms. The first-order valence-electron chi connectivity index (χ1n) is 5.05. The molecule has 0 heterocycles. The summed E-state index contributed by atoms with van der Waals surface area (Å²) in [6.07, 6.45) is 0.264. The molecule has 0 rings (SSSR count). The molecule has 1 atom stereocenters. The van der Waals surface area contributed by atoms with Crippen molar-refractivity contribution in [2.24, 2.45) is 5.92 Å². The molecular formula is C9H20N2O4S. The van der Waals surface area contributed by atoms with E-state index in [9.17, 15) is 13.2 Å². The van der Waals surface area contributed by atoms with E-state index in [-0.39, 0.29) is 13.0 Å². The van der Waals surface area contributed by atoms with Crippen LogP contribution in [0.5, 0.6) is 0 Å². The van der Waals surface area contributed by atoms with Crippen molar-refractivity contribution in [2.45, 2.75) is 39.7 Å². The molecule has 0 radical (unpaired) electrons. The normalized spacial score (nSPS) is 14.8. The molecule has 0 aliphatic heterocycles. The van der Waals surface area contributed by atoms with Gasteiger partial charge in [-0.15, -0.1) is 0 Å². The molecule has 16 heavy (non-hydrogen) atoms. The Kier molecular flexibility index (Phi) is 5.37. The predicted octanol–water partition coefficient (Wildman–Crippen LogP) is 0.320. The average Bonchev–Trinajstić information content (AvgIpc) is 1.98. The molecule has 3 N–H and O–H groups in total. The zero-order valence-electron chi connectivity index (χ0n) is 10.1. The van der Waals surface area contributed by atoms with Gasteiger partial charge in [0.15, 0.2) is 0 Å². The standard InChI is InChI=1S/C9H20N2O4S/c1-7(8(12)13)5-6-10-16(14,15)11-9(2,3)4/h7,10-11H,5-6H2,1-4H3,(H,12,13). The van der Waals surface area contributed by atoms with E-state index in [0.717, 1.165) is 0 Å². The van der Waals surface area contributed by atoms with Crippen LogP contribution in [0.15, 0.2) is 0 Å². The van der Waals surface area contributed by atoms with Crippen LogP contribution in [0.3, 0.4) is 0 Å². The van der Waals surface area contributed by atoms with E-state index in [1.807, 2.05) is 0 Å². The van der Waals surface area contributed by atoms with Crippen LogP contribution < -0.4 is 9.44 Å². The maximum atomic E-state index is 11.4. The van der Waals surface area contributed by atoms with Crippen LogP contribution in [-0.2, 0) is 15.0 Å². The molecule has 0 aliphatic carbocycles. The number of hydrogen-bond donors (Lipinski definition) is 3. The van der Waals surface area contributed by atoms with E-state index in [0.29, 0.717) is 0 Å². The molecule has 96 valence electrons. The number of carbonyl (C=O) groups is 1. The van der Waals surface area contributed by atoms with E-state index in [4.69, 9.17) is 5.11 Å². The summed E-state index contributed by atoms with van der Waals surface area (Å²) in [7, 11) is -3.55. The second-order valence-corrected chi connectivity index (χ2v) is 6.28. The Morgan fingerprint density at radius 3 is 2.25 bits per heavy atom. The van der Waals surface area contributed by atoms with E-state index < -0.39 is 27.6 Å². The maximum Gasteiger partial charge on any atom is 0.306 e. The minimum atomic E-state index is -3.55.